The van der Waals surface area contributed by atoms with Crippen LogP contribution in [-0.2, 0) is 9.53 Å². The lowest BCUT2D eigenvalue weighted by atomic mass is 9.75. The van der Waals surface area contributed by atoms with Crippen LogP contribution in [-0.4, -0.2) is 27.8 Å². The highest BCUT2D eigenvalue weighted by atomic mass is 32.2. The molecule has 0 aliphatic heterocycles. The molecule has 0 amide bonds. The molecular weight excluding hydrogens is 296 g/mol. The van der Waals surface area contributed by atoms with Crippen LogP contribution in [0.1, 0.15) is 45.6 Å². The fourth-order valence-electron chi connectivity index (χ4n) is 3.03. The molecule has 3 atom stereocenters. The Kier molecular flexibility index (Phi) is 6.24. The number of carbonyl (C=O) groups excluding carboxylic acids is 1. The summed E-state index contributed by atoms with van der Waals surface area (Å²) in [7, 11) is 0. The first-order chi connectivity index (χ1) is 10.5. The van der Waals surface area contributed by atoms with Crippen LogP contribution in [0.4, 0.5) is 0 Å². The van der Waals surface area contributed by atoms with E-state index >= 15 is 0 Å². The quantitative estimate of drug-likeness (QED) is 0.468. The number of hydrogen-bond acceptors (Lipinski definition) is 5. The van der Waals surface area contributed by atoms with E-state index in [2.05, 4.69) is 30.7 Å². The van der Waals surface area contributed by atoms with Crippen LogP contribution in [0.25, 0.3) is 0 Å². The van der Waals surface area contributed by atoms with Crippen LogP contribution in [0.15, 0.2) is 17.6 Å². The van der Waals surface area contributed by atoms with Gasteiger partial charge in [-0.3, -0.25) is 4.79 Å². The van der Waals surface area contributed by atoms with Crippen LogP contribution in [0.3, 0.4) is 0 Å². The molecule has 0 bridgehead atoms. The first-order valence-corrected chi connectivity index (χ1v) is 9.05. The Labute approximate surface area is 137 Å². The van der Waals surface area contributed by atoms with E-state index in [0.29, 0.717) is 22.9 Å². The molecule has 22 heavy (non-hydrogen) atoms. The molecule has 0 spiro atoms. The molecule has 3 unspecified atom stereocenters. The number of aryl methyl sites for hydroxylation is 1. The molecule has 0 radical (unpaired) electrons. The summed E-state index contributed by atoms with van der Waals surface area (Å²) in [6.07, 6.45) is 6.97. The van der Waals surface area contributed by atoms with Crippen molar-refractivity contribution in [2.45, 2.75) is 58.2 Å². The van der Waals surface area contributed by atoms with Gasteiger partial charge in [0.05, 0.1) is 5.75 Å². The van der Waals surface area contributed by atoms with Gasteiger partial charge in [-0.05, 0) is 43.1 Å². The average Bonchev–Trinajstić information content (AvgIpc) is 2.46. The van der Waals surface area contributed by atoms with Crippen LogP contribution in [0.2, 0.25) is 0 Å². The van der Waals surface area contributed by atoms with E-state index < -0.39 is 0 Å². The van der Waals surface area contributed by atoms with Crippen molar-refractivity contribution in [2.75, 3.05) is 5.75 Å². The second kappa shape index (κ2) is 7.95. The maximum Gasteiger partial charge on any atom is 0.316 e. The molecule has 1 aromatic heterocycles. The molecule has 1 aromatic rings. The smallest absolute Gasteiger partial charge is 0.316 e. The van der Waals surface area contributed by atoms with Crippen LogP contribution in [0.5, 0.6) is 0 Å². The minimum absolute atomic E-state index is 0.0655. The summed E-state index contributed by atoms with van der Waals surface area (Å²) in [4.78, 5) is 20.5. The van der Waals surface area contributed by atoms with Gasteiger partial charge < -0.3 is 4.74 Å². The second-order valence-corrected chi connectivity index (χ2v) is 7.63. The number of ether oxygens (including phenoxy) is 1. The Bertz CT molecular complexity index is 490. The highest BCUT2D eigenvalue weighted by Crippen LogP contribution is 2.35. The van der Waals surface area contributed by atoms with E-state index in [9.17, 15) is 4.79 Å². The minimum atomic E-state index is -0.154. The summed E-state index contributed by atoms with van der Waals surface area (Å²) in [6.45, 7) is 8.62. The molecule has 0 N–H and O–H groups in total. The van der Waals surface area contributed by atoms with Crippen molar-refractivity contribution in [1.29, 1.82) is 0 Å². The summed E-state index contributed by atoms with van der Waals surface area (Å²) in [6, 6.07) is 0. The molecule has 0 aromatic carbocycles. The van der Waals surface area contributed by atoms with Crippen molar-refractivity contribution in [3.63, 3.8) is 0 Å². The van der Waals surface area contributed by atoms with E-state index in [1.54, 1.807) is 12.4 Å². The first-order valence-electron chi connectivity index (χ1n) is 8.06. The Morgan fingerprint density at radius 2 is 2.05 bits per heavy atom. The lowest BCUT2D eigenvalue weighted by Gasteiger charge is -2.36. The zero-order valence-corrected chi connectivity index (χ0v) is 14.7. The number of thioether (sulfide) groups is 1. The summed E-state index contributed by atoms with van der Waals surface area (Å²) in [5.74, 6) is 1.80. The zero-order chi connectivity index (χ0) is 16.1. The average molecular weight is 322 g/mol. The van der Waals surface area contributed by atoms with E-state index in [0.717, 1.165) is 18.4 Å². The Hall–Kier alpha value is -1.10. The summed E-state index contributed by atoms with van der Waals surface area (Å²) in [5.41, 5.74) is 1.02. The third-order valence-corrected chi connectivity index (χ3v) is 5.17. The predicted octanol–water partition coefficient (Wildman–Crippen LogP) is 3.88. The largest absolute Gasteiger partial charge is 0.461 e. The molecule has 4 nitrogen and oxygen atoms in total. The maximum absolute atomic E-state index is 12.1. The van der Waals surface area contributed by atoms with Crippen LogP contribution >= 0.6 is 11.8 Å². The fourth-order valence-corrected chi connectivity index (χ4v) is 3.60. The Morgan fingerprint density at radius 3 is 2.68 bits per heavy atom. The van der Waals surface area contributed by atoms with Crippen molar-refractivity contribution >= 4 is 17.7 Å². The molecule has 5 heteroatoms. The molecule has 1 fully saturated rings. The molecule has 1 aliphatic carbocycles. The minimum Gasteiger partial charge on any atom is -0.461 e. The predicted molar refractivity (Wildman–Crippen MR) is 88.7 cm³/mol. The third kappa shape index (κ3) is 4.97. The first kappa shape index (κ1) is 17.3. The van der Waals surface area contributed by atoms with E-state index in [1.807, 2.05) is 6.92 Å². The van der Waals surface area contributed by atoms with Gasteiger partial charge in [-0.1, -0.05) is 39.0 Å². The van der Waals surface area contributed by atoms with Crippen molar-refractivity contribution in [3.05, 3.63) is 18.0 Å². The Morgan fingerprint density at radius 1 is 1.36 bits per heavy atom. The highest BCUT2D eigenvalue weighted by Gasteiger charge is 2.33. The molecule has 122 valence electrons. The second-order valence-electron chi connectivity index (χ2n) is 6.69. The topological polar surface area (TPSA) is 52.1 Å². The summed E-state index contributed by atoms with van der Waals surface area (Å²) < 4.78 is 5.77. The van der Waals surface area contributed by atoms with E-state index in [4.69, 9.17) is 4.74 Å². The lowest BCUT2D eigenvalue weighted by molar-refractivity contribution is -0.152. The number of nitrogens with zero attached hydrogens (tertiary/aromatic N) is 2. The van der Waals surface area contributed by atoms with Crippen LogP contribution < -0.4 is 0 Å². The van der Waals surface area contributed by atoms with Gasteiger partial charge in [0.1, 0.15) is 6.10 Å². The number of hydrogen-bond donors (Lipinski definition) is 0. The SMILES string of the molecule is Cc1cnc(SCC(=O)OC2CC(C)CCC2C(C)C)nc1. The van der Waals surface area contributed by atoms with Gasteiger partial charge >= 0.3 is 5.97 Å². The Balaban J connectivity index is 1.85. The zero-order valence-electron chi connectivity index (χ0n) is 13.9. The molecule has 1 heterocycles. The highest BCUT2D eigenvalue weighted by molar-refractivity contribution is 7.99. The van der Waals surface area contributed by atoms with Gasteiger partial charge in [-0.15, -0.1) is 0 Å². The molecule has 1 aliphatic rings. The monoisotopic (exact) mass is 322 g/mol. The third-order valence-electron chi connectivity index (χ3n) is 4.32. The number of rotatable bonds is 5. The van der Waals surface area contributed by atoms with Crippen molar-refractivity contribution in [3.8, 4) is 0 Å². The van der Waals surface area contributed by atoms with Crippen molar-refractivity contribution < 1.29 is 9.53 Å². The van der Waals surface area contributed by atoms with Gasteiger partial charge in [-0.25, -0.2) is 9.97 Å². The number of aromatic nitrogens is 2. The van der Waals surface area contributed by atoms with Crippen molar-refractivity contribution in [2.24, 2.45) is 17.8 Å². The molecule has 0 saturated heterocycles. The van der Waals surface area contributed by atoms with E-state index in [1.165, 1.54) is 18.2 Å². The van der Waals surface area contributed by atoms with Gasteiger partial charge in [0.15, 0.2) is 5.16 Å². The standard InChI is InChI=1S/C17H26N2O2S/c1-11(2)14-6-5-12(3)7-15(14)21-16(20)10-22-17-18-8-13(4)9-19-17/h8-9,11-12,14-15H,5-7,10H2,1-4H3. The maximum atomic E-state index is 12.1. The van der Waals surface area contributed by atoms with E-state index in [-0.39, 0.29) is 17.8 Å². The van der Waals surface area contributed by atoms with Crippen LogP contribution in [0, 0.1) is 24.7 Å². The molecule has 2 rings (SSSR count). The van der Waals surface area contributed by atoms with Gasteiger partial charge in [-0.2, -0.15) is 0 Å². The fraction of sp³-hybridized carbons (Fsp3) is 0.706. The van der Waals surface area contributed by atoms with Gasteiger partial charge in [0.25, 0.3) is 0 Å². The van der Waals surface area contributed by atoms with Gasteiger partial charge in [0, 0.05) is 12.4 Å². The van der Waals surface area contributed by atoms with Crippen molar-refractivity contribution in [1.82, 2.24) is 9.97 Å². The lowest BCUT2D eigenvalue weighted by Crippen LogP contribution is -2.36. The normalized spacial score (nSPS) is 25.2. The number of esters is 1. The molecular formula is C17H26N2O2S. The van der Waals surface area contributed by atoms with Gasteiger partial charge in [0.2, 0.25) is 0 Å². The summed E-state index contributed by atoms with van der Waals surface area (Å²) >= 11 is 1.34. The number of carbonyl (C=O) groups is 1. The summed E-state index contributed by atoms with van der Waals surface area (Å²) in [5, 5.41) is 0.625. The molecule has 1 saturated carbocycles.